The number of esters is 1. The molecule has 1 amide bonds. The van der Waals surface area contributed by atoms with Gasteiger partial charge in [0.1, 0.15) is 5.82 Å². The minimum absolute atomic E-state index is 0.141. The minimum Gasteiger partial charge on any atom is -0.462 e. The van der Waals surface area contributed by atoms with Crippen molar-refractivity contribution in [3.05, 3.63) is 65.5 Å². The Morgan fingerprint density at radius 2 is 1.70 bits per heavy atom. The first-order chi connectivity index (χ1) is 11.1. The molecule has 5 heteroatoms. The number of hydrogen-bond acceptors (Lipinski definition) is 3. The summed E-state index contributed by atoms with van der Waals surface area (Å²) in [5, 5.41) is 2.76. The van der Waals surface area contributed by atoms with Crippen LogP contribution in [0.25, 0.3) is 0 Å². The highest BCUT2D eigenvalue weighted by Gasteiger charge is 2.07. The molecule has 2 aromatic rings. The highest BCUT2D eigenvalue weighted by molar-refractivity contribution is 5.93. The summed E-state index contributed by atoms with van der Waals surface area (Å²) in [6, 6.07) is 12.6. The fourth-order valence-electron chi connectivity index (χ4n) is 2.04. The lowest BCUT2D eigenvalue weighted by Crippen LogP contribution is -2.12. The standard InChI is InChI=1S/C18H18FNO3/c1-2-23-18(22)14-6-10-16(11-7-14)20-17(21)12-5-13-3-8-15(19)9-4-13/h3-4,6-11H,2,5,12H2,1H3,(H,20,21). The minimum atomic E-state index is -0.387. The summed E-state index contributed by atoms with van der Waals surface area (Å²) in [5.74, 6) is -0.820. The summed E-state index contributed by atoms with van der Waals surface area (Å²) < 4.78 is 17.7. The van der Waals surface area contributed by atoms with Gasteiger partial charge >= 0.3 is 5.97 Å². The largest absolute Gasteiger partial charge is 0.462 e. The summed E-state index contributed by atoms with van der Waals surface area (Å²) in [4.78, 5) is 23.4. The molecular weight excluding hydrogens is 297 g/mol. The van der Waals surface area contributed by atoms with E-state index in [1.807, 2.05) is 0 Å². The van der Waals surface area contributed by atoms with E-state index in [9.17, 15) is 14.0 Å². The van der Waals surface area contributed by atoms with E-state index < -0.39 is 0 Å². The summed E-state index contributed by atoms with van der Waals surface area (Å²) in [7, 11) is 0. The van der Waals surface area contributed by atoms with Gasteiger partial charge in [-0.1, -0.05) is 12.1 Å². The van der Waals surface area contributed by atoms with Crippen molar-refractivity contribution in [2.24, 2.45) is 0 Å². The lowest BCUT2D eigenvalue weighted by atomic mass is 10.1. The third kappa shape index (κ3) is 5.21. The van der Waals surface area contributed by atoms with Crippen LogP contribution in [0.5, 0.6) is 0 Å². The first kappa shape index (κ1) is 16.7. The molecule has 120 valence electrons. The first-order valence-corrected chi connectivity index (χ1v) is 7.40. The third-order valence-corrected chi connectivity index (χ3v) is 3.23. The molecule has 0 heterocycles. The van der Waals surface area contributed by atoms with Gasteiger partial charge < -0.3 is 10.1 Å². The number of hydrogen-bond donors (Lipinski definition) is 1. The molecule has 0 aliphatic heterocycles. The summed E-state index contributed by atoms with van der Waals surface area (Å²) in [6.45, 7) is 2.06. The average molecular weight is 315 g/mol. The van der Waals surface area contributed by atoms with Gasteiger partial charge in [0.15, 0.2) is 0 Å². The van der Waals surface area contributed by atoms with E-state index >= 15 is 0 Å². The molecule has 23 heavy (non-hydrogen) atoms. The highest BCUT2D eigenvalue weighted by atomic mass is 19.1. The normalized spacial score (nSPS) is 10.2. The van der Waals surface area contributed by atoms with E-state index in [2.05, 4.69) is 5.32 Å². The van der Waals surface area contributed by atoms with Crippen LogP contribution < -0.4 is 5.32 Å². The number of ether oxygens (including phenoxy) is 1. The number of carbonyl (C=O) groups excluding carboxylic acids is 2. The summed E-state index contributed by atoms with van der Waals surface area (Å²) >= 11 is 0. The van der Waals surface area contributed by atoms with Gasteiger partial charge in [0.25, 0.3) is 0 Å². The van der Waals surface area contributed by atoms with Crippen LogP contribution in [0.2, 0.25) is 0 Å². The molecule has 2 rings (SSSR count). The molecule has 0 unspecified atom stereocenters. The maximum atomic E-state index is 12.8. The molecule has 0 aliphatic rings. The Kier molecular flexibility index (Phi) is 5.86. The predicted octanol–water partition coefficient (Wildman–Crippen LogP) is 3.57. The fraction of sp³-hybridized carbons (Fsp3) is 0.222. The van der Waals surface area contributed by atoms with Crippen LogP contribution in [0.1, 0.15) is 29.3 Å². The molecule has 0 bridgehead atoms. The van der Waals surface area contributed by atoms with Crippen molar-refractivity contribution in [3.8, 4) is 0 Å². The van der Waals surface area contributed by atoms with E-state index in [1.165, 1.54) is 12.1 Å². The monoisotopic (exact) mass is 315 g/mol. The van der Waals surface area contributed by atoms with Crippen LogP contribution in [0, 0.1) is 5.82 Å². The molecule has 0 radical (unpaired) electrons. The topological polar surface area (TPSA) is 55.4 Å². The van der Waals surface area contributed by atoms with Crippen molar-refractivity contribution in [3.63, 3.8) is 0 Å². The Bertz CT molecular complexity index is 666. The van der Waals surface area contributed by atoms with Crippen LogP contribution in [0.15, 0.2) is 48.5 Å². The first-order valence-electron chi connectivity index (χ1n) is 7.40. The maximum Gasteiger partial charge on any atom is 0.338 e. The van der Waals surface area contributed by atoms with Crippen molar-refractivity contribution >= 4 is 17.6 Å². The fourth-order valence-corrected chi connectivity index (χ4v) is 2.04. The van der Waals surface area contributed by atoms with Gasteiger partial charge in [0.05, 0.1) is 12.2 Å². The summed E-state index contributed by atoms with van der Waals surface area (Å²) in [6.07, 6.45) is 0.832. The van der Waals surface area contributed by atoms with Crippen molar-refractivity contribution < 1.29 is 18.7 Å². The van der Waals surface area contributed by atoms with E-state index in [1.54, 1.807) is 43.3 Å². The van der Waals surface area contributed by atoms with Crippen LogP contribution in [-0.2, 0) is 16.0 Å². The Hall–Kier alpha value is -2.69. The van der Waals surface area contributed by atoms with Crippen LogP contribution in [-0.4, -0.2) is 18.5 Å². The Morgan fingerprint density at radius 1 is 1.04 bits per heavy atom. The molecule has 0 fully saturated rings. The van der Waals surface area contributed by atoms with Gasteiger partial charge in [-0.3, -0.25) is 4.79 Å². The van der Waals surface area contributed by atoms with Gasteiger partial charge in [0, 0.05) is 12.1 Å². The number of aryl methyl sites for hydroxylation is 1. The molecule has 0 saturated heterocycles. The van der Waals surface area contributed by atoms with E-state index in [4.69, 9.17) is 4.74 Å². The van der Waals surface area contributed by atoms with Crippen molar-refractivity contribution in [1.82, 2.24) is 0 Å². The molecule has 4 nitrogen and oxygen atoms in total. The molecule has 2 aromatic carbocycles. The zero-order chi connectivity index (χ0) is 16.7. The average Bonchev–Trinajstić information content (AvgIpc) is 2.55. The second kappa shape index (κ2) is 8.08. The van der Waals surface area contributed by atoms with Crippen molar-refractivity contribution in [1.29, 1.82) is 0 Å². The predicted molar refractivity (Wildman–Crippen MR) is 85.7 cm³/mol. The lowest BCUT2D eigenvalue weighted by molar-refractivity contribution is -0.116. The van der Waals surface area contributed by atoms with Gasteiger partial charge in [-0.05, 0) is 55.3 Å². The Balaban J connectivity index is 1.85. The molecule has 0 aromatic heterocycles. The summed E-state index contributed by atoms with van der Waals surface area (Å²) in [5.41, 5.74) is 1.96. The van der Waals surface area contributed by atoms with E-state index in [0.29, 0.717) is 30.7 Å². The van der Waals surface area contributed by atoms with Gasteiger partial charge in [-0.15, -0.1) is 0 Å². The molecule has 1 N–H and O–H groups in total. The Morgan fingerprint density at radius 3 is 2.30 bits per heavy atom. The number of halogens is 1. The highest BCUT2D eigenvalue weighted by Crippen LogP contribution is 2.12. The van der Waals surface area contributed by atoms with E-state index in [0.717, 1.165) is 5.56 Å². The van der Waals surface area contributed by atoms with Gasteiger partial charge in [0.2, 0.25) is 5.91 Å². The molecule has 0 aliphatic carbocycles. The molecule has 0 saturated carbocycles. The van der Waals surface area contributed by atoms with Crippen LogP contribution >= 0.6 is 0 Å². The third-order valence-electron chi connectivity index (χ3n) is 3.23. The zero-order valence-electron chi connectivity index (χ0n) is 12.8. The zero-order valence-corrected chi connectivity index (χ0v) is 12.8. The Labute approximate surface area is 134 Å². The number of rotatable bonds is 6. The van der Waals surface area contributed by atoms with E-state index in [-0.39, 0.29) is 17.7 Å². The molecule has 0 atom stereocenters. The quantitative estimate of drug-likeness (QED) is 0.829. The smallest absolute Gasteiger partial charge is 0.338 e. The molecule has 0 spiro atoms. The maximum absolute atomic E-state index is 12.8. The van der Waals surface area contributed by atoms with Gasteiger partial charge in [-0.25, -0.2) is 9.18 Å². The second-order valence-electron chi connectivity index (χ2n) is 4.97. The van der Waals surface area contributed by atoms with Gasteiger partial charge in [-0.2, -0.15) is 0 Å². The second-order valence-corrected chi connectivity index (χ2v) is 4.97. The SMILES string of the molecule is CCOC(=O)c1ccc(NC(=O)CCc2ccc(F)cc2)cc1. The number of carbonyl (C=O) groups is 2. The number of amides is 1. The number of nitrogens with one attached hydrogen (secondary N) is 1. The van der Waals surface area contributed by atoms with Crippen LogP contribution in [0.4, 0.5) is 10.1 Å². The van der Waals surface area contributed by atoms with Crippen molar-refractivity contribution in [2.45, 2.75) is 19.8 Å². The van der Waals surface area contributed by atoms with Crippen LogP contribution in [0.3, 0.4) is 0 Å². The number of anilines is 1. The lowest BCUT2D eigenvalue weighted by Gasteiger charge is -2.07. The van der Waals surface area contributed by atoms with Crippen molar-refractivity contribution in [2.75, 3.05) is 11.9 Å². The number of benzene rings is 2. The molecular formula is C18H18FNO3.